The van der Waals surface area contributed by atoms with E-state index in [0.717, 1.165) is 33.9 Å². The van der Waals surface area contributed by atoms with Crippen LogP contribution >= 0.6 is 35.6 Å². The second-order valence-electron chi connectivity index (χ2n) is 6.39. The molecule has 0 atom stereocenters. The minimum Gasteiger partial charge on any atom is -0.352 e. The highest BCUT2D eigenvalue weighted by Crippen LogP contribution is 2.14. The maximum Gasteiger partial charge on any atom is 0.194 e. The summed E-state index contributed by atoms with van der Waals surface area (Å²) in [5.74, 6) is 2.58. The normalized spacial score (nSPS) is 11.2. The van der Waals surface area contributed by atoms with Gasteiger partial charge in [0.2, 0.25) is 0 Å². The third-order valence-electron chi connectivity index (χ3n) is 4.38. The van der Waals surface area contributed by atoms with E-state index < -0.39 is 0 Å². The number of aryl methyl sites for hydroxylation is 2. The third kappa shape index (κ3) is 5.26. The van der Waals surface area contributed by atoms with Crippen molar-refractivity contribution in [1.82, 2.24) is 29.3 Å². The molecule has 0 bridgehead atoms. The molecule has 0 radical (unpaired) electrons. The Hall–Kier alpha value is -2.07. The number of nitrogens with zero attached hydrogens (tertiary/aromatic N) is 6. The fourth-order valence-corrected chi connectivity index (χ4v) is 3.16. The summed E-state index contributed by atoms with van der Waals surface area (Å²) in [4.78, 5) is 15.2. The van der Waals surface area contributed by atoms with Gasteiger partial charge in [-0.05, 0) is 24.6 Å². The van der Waals surface area contributed by atoms with Crippen LogP contribution in [0.1, 0.15) is 17.1 Å². The molecule has 3 aromatic rings. The smallest absolute Gasteiger partial charge is 0.194 e. The summed E-state index contributed by atoms with van der Waals surface area (Å²) in [6.07, 6.45) is 7.44. The molecule has 3 rings (SSSR count). The van der Waals surface area contributed by atoms with E-state index in [1.165, 1.54) is 0 Å². The van der Waals surface area contributed by atoms with Crippen LogP contribution < -0.4 is 5.32 Å². The molecule has 0 aliphatic heterocycles. The van der Waals surface area contributed by atoms with Gasteiger partial charge in [0.25, 0.3) is 0 Å². The molecule has 0 aromatic carbocycles. The van der Waals surface area contributed by atoms with Crippen LogP contribution in [0.15, 0.2) is 48.0 Å². The van der Waals surface area contributed by atoms with Crippen LogP contribution in [-0.4, -0.2) is 44.1 Å². The van der Waals surface area contributed by atoms with E-state index in [4.69, 9.17) is 11.6 Å². The van der Waals surface area contributed by atoms with Gasteiger partial charge in [0, 0.05) is 58.2 Å². The highest BCUT2D eigenvalue weighted by atomic mass is 127. The monoisotopic (exact) mass is 513 g/mol. The Morgan fingerprint density at radius 2 is 2.11 bits per heavy atom. The quantitative estimate of drug-likeness (QED) is 0.323. The van der Waals surface area contributed by atoms with Crippen LogP contribution in [0.2, 0.25) is 5.02 Å². The van der Waals surface area contributed by atoms with Gasteiger partial charge in [-0.15, -0.1) is 24.0 Å². The van der Waals surface area contributed by atoms with Crippen molar-refractivity contribution in [1.29, 1.82) is 0 Å². The van der Waals surface area contributed by atoms with Gasteiger partial charge in [-0.2, -0.15) is 0 Å². The Bertz CT molecular complexity index is 930. The zero-order valence-electron chi connectivity index (χ0n) is 16.4. The number of hydrogen-bond donors (Lipinski definition) is 1. The topological polar surface area (TPSA) is 63.3 Å². The van der Waals surface area contributed by atoms with E-state index in [1.54, 1.807) is 13.2 Å². The number of aliphatic imine (C=N–C) groups is 1. The average molecular weight is 514 g/mol. The molecule has 0 unspecified atom stereocenters. The number of guanidine groups is 1. The fourth-order valence-electron chi connectivity index (χ4n) is 2.89. The molecule has 0 amide bonds. The van der Waals surface area contributed by atoms with Crippen molar-refractivity contribution in [3.8, 4) is 5.82 Å². The van der Waals surface area contributed by atoms with E-state index in [2.05, 4.69) is 31.2 Å². The molecule has 1 N–H and O–H groups in total. The van der Waals surface area contributed by atoms with E-state index in [0.29, 0.717) is 13.1 Å². The highest BCUT2D eigenvalue weighted by molar-refractivity contribution is 14.0. The molecule has 0 aliphatic carbocycles. The van der Waals surface area contributed by atoms with Crippen molar-refractivity contribution < 1.29 is 0 Å². The van der Waals surface area contributed by atoms with Crippen molar-refractivity contribution in [3.63, 3.8) is 0 Å². The predicted octanol–water partition coefficient (Wildman–Crippen LogP) is 3.39. The summed E-state index contributed by atoms with van der Waals surface area (Å²) in [6.45, 7) is 3.30. The number of hydrogen-bond acceptors (Lipinski definition) is 3. The van der Waals surface area contributed by atoms with Crippen LogP contribution in [0.3, 0.4) is 0 Å². The second-order valence-corrected chi connectivity index (χ2v) is 6.82. The highest BCUT2D eigenvalue weighted by Gasteiger charge is 2.10. The van der Waals surface area contributed by atoms with Gasteiger partial charge >= 0.3 is 0 Å². The number of nitrogens with one attached hydrogen (secondary N) is 1. The Kier molecular flexibility index (Phi) is 7.88. The first kappa shape index (κ1) is 22.2. The van der Waals surface area contributed by atoms with Crippen LogP contribution in [0.4, 0.5) is 0 Å². The molecule has 7 nitrogen and oxygen atoms in total. The van der Waals surface area contributed by atoms with Crippen LogP contribution in [0.25, 0.3) is 5.82 Å². The summed E-state index contributed by atoms with van der Waals surface area (Å²) in [5, 5.41) is 4.11. The van der Waals surface area contributed by atoms with E-state index in [9.17, 15) is 0 Å². The van der Waals surface area contributed by atoms with Crippen molar-refractivity contribution >= 4 is 41.5 Å². The molecule has 0 aliphatic rings. The lowest BCUT2D eigenvalue weighted by Crippen LogP contribution is -2.38. The summed E-state index contributed by atoms with van der Waals surface area (Å²) in [6, 6.07) is 6.01. The summed E-state index contributed by atoms with van der Waals surface area (Å²) >= 11 is 6.07. The van der Waals surface area contributed by atoms with Gasteiger partial charge in [0.05, 0.1) is 11.6 Å². The van der Waals surface area contributed by atoms with Crippen molar-refractivity contribution in [2.45, 2.75) is 20.0 Å². The Morgan fingerprint density at radius 1 is 1.32 bits per heavy atom. The van der Waals surface area contributed by atoms with Crippen molar-refractivity contribution in [2.24, 2.45) is 12.0 Å². The van der Waals surface area contributed by atoms with Crippen molar-refractivity contribution in [2.75, 3.05) is 14.1 Å². The lowest BCUT2D eigenvalue weighted by atomic mass is 10.3. The SMILES string of the molecule is CN=C(NCc1ccc(-n2ccnc2C)nc1)N(C)Cc1cc(Cl)cn1C.I. The molecule has 0 fully saturated rings. The summed E-state index contributed by atoms with van der Waals surface area (Å²) in [7, 11) is 5.76. The first-order chi connectivity index (χ1) is 13.0. The molecule has 9 heteroatoms. The molecule has 0 saturated carbocycles. The third-order valence-corrected chi connectivity index (χ3v) is 4.59. The lowest BCUT2D eigenvalue weighted by Gasteiger charge is -2.22. The summed E-state index contributed by atoms with van der Waals surface area (Å²) < 4.78 is 3.97. The van der Waals surface area contributed by atoms with E-state index >= 15 is 0 Å². The molecular weight excluding hydrogens is 489 g/mol. The first-order valence-electron chi connectivity index (χ1n) is 8.65. The molecule has 0 saturated heterocycles. The number of halogens is 2. The minimum atomic E-state index is 0. The number of aromatic nitrogens is 4. The maximum atomic E-state index is 6.07. The lowest BCUT2D eigenvalue weighted by molar-refractivity contribution is 0.461. The van der Waals surface area contributed by atoms with E-state index in [-0.39, 0.29) is 24.0 Å². The zero-order chi connectivity index (χ0) is 19.4. The van der Waals surface area contributed by atoms with Gasteiger partial charge in [-0.3, -0.25) is 9.56 Å². The van der Waals surface area contributed by atoms with Gasteiger partial charge < -0.3 is 14.8 Å². The van der Waals surface area contributed by atoms with Crippen LogP contribution in [0, 0.1) is 6.92 Å². The van der Waals surface area contributed by atoms with Gasteiger partial charge in [-0.25, -0.2) is 9.97 Å². The number of imidazole rings is 1. The standard InChI is InChI=1S/C19H24ClN7.HI/c1-14-22-7-8-27(14)18-6-5-15(10-23-18)11-24-19(21-2)26(4)13-17-9-16(20)12-25(17)3;/h5-10,12H,11,13H2,1-4H3,(H,21,24);1H. The minimum absolute atomic E-state index is 0. The molecule has 3 aromatic heterocycles. The van der Waals surface area contributed by atoms with E-state index in [1.807, 2.05) is 60.9 Å². The molecule has 3 heterocycles. The largest absolute Gasteiger partial charge is 0.352 e. The second kappa shape index (κ2) is 9.92. The molecule has 150 valence electrons. The van der Waals surface area contributed by atoms with Crippen LogP contribution in [-0.2, 0) is 20.1 Å². The fraction of sp³-hybridized carbons (Fsp3) is 0.316. The number of rotatable bonds is 5. The maximum absolute atomic E-state index is 6.07. The van der Waals surface area contributed by atoms with Gasteiger partial charge in [0.15, 0.2) is 5.96 Å². The van der Waals surface area contributed by atoms with Gasteiger partial charge in [-0.1, -0.05) is 17.7 Å². The molecular formula is C19H25ClIN7. The first-order valence-corrected chi connectivity index (χ1v) is 9.03. The van der Waals surface area contributed by atoms with Gasteiger partial charge in [0.1, 0.15) is 11.6 Å². The predicted molar refractivity (Wildman–Crippen MR) is 124 cm³/mol. The zero-order valence-corrected chi connectivity index (χ0v) is 19.5. The molecule has 28 heavy (non-hydrogen) atoms. The van der Waals surface area contributed by atoms with Crippen LogP contribution in [0.5, 0.6) is 0 Å². The number of pyridine rings is 1. The Balaban J connectivity index is 0.00000280. The summed E-state index contributed by atoms with van der Waals surface area (Å²) in [5.41, 5.74) is 2.19. The molecule has 0 spiro atoms. The Labute approximate surface area is 187 Å². The van der Waals surface area contributed by atoms with Crippen molar-refractivity contribution in [3.05, 3.63) is 65.1 Å². The Morgan fingerprint density at radius 3 is 2.64 bits per heavy atom. The average Bonchev–Trinajstić information content (AvgIpc) is 3.21.